The molecule has 0 spiro atoms. The van der Waals surface area contributed by atoms with Crippen LogP contribution in [-0.2, 0) is 6.61 Å². The molecule has 1 N–H and O–H groups in total. The highest BCUT2D eigenvalue weighted by molar-refractivity contribution is 6.03. The minimum atomic E-state index is -0.375. The molecule has 6 heteroatoms. The Hall–Kier alpha value is -3.41. The standard InChI is InChI=1S/C21H21NO5/c1-14-4-6-15(7-5-14)26-13-17-9-11-19(27-17)21(23)22-18-10-8-16(24-2)12-20(18)25-3/h4-12H,13H2,1-3H3,(H,22,23). The van der Waals surface area contributed by atoms with Gasteiger partial charge >= 0.3 is 0 Å². The van der Waals surface area contributed by atoms with Crippen molar-refractivity contribution in [2.45, 2.75) is 13.5 Å². The van der Waals surface area contributed by atoms with Crippen LogP contribution in [0.2, 0.25) is 0 Å². The van der Waals surface area contributed by atoms with Crippen molar-refractivity contribution in [3.05, 3.63) is 71.7 Å². The topological polar surface area (TPSA) is 69.9 Å². The van der Waals surface area contributed by atoms with E-state index in [1.165, 1.54) is 7.11 Å². The van der Waals surface area contributed by atoms with Crippen molar-refractivity contribution in [1.82, 2.24) is 0 Å². The van der Waals surface area contributed by atoms with E-state index in [1.807, 2.05) is 31.2 Å². The van der Waals surface area contributed by atoms with Gasteiger partial charge in [0.05, 0.1) is 19.9 Å². The maximum atomic E-state index is 12.4. The van der Waals surface area contributed by atoms with E-state index in [-0.39, 0.29) is 18.3 Å². The number of aryl methyl sites for hydroxylation is 1. The van der Waals surface area contributed by atoms with Crippen LogP contribution < -0.4 is 19.5 Å². The Morgan fingerprint density at radius 3 is 2.41 bits per heavy atom. The van der Waals surface area contributed by atoms with Crippen LogP contribution in [0.25, 0.3) is 0 Å². The summed E-state index contributed by atoms with van der Waals surface area (Å²) in [6, 6.07) is 16.2. The van der Waals surface area contributed by atoms with Crippen LogP contribution in [-0.4, -0.2) is 20.1 Å². The molecule has 0 saturated carbocycles. The molecule has 1 amide bonds. The molecule has 1 heterocycles. The molecule has 0 radical (unpaired) electrons. The van der Waals surface area contributed by atoms with E-state index in [9.17, 15) is 4.79 Å². The lowest BCUT2D eigenvalue weighted by atomic mass is 10.2. The Balaban J connectivity index is 1.63. The highest BCUT2D eigenvalue weighted by atomic mass is 16.5. The van der Waals surface area contributed by atoms with Gasteiger partial charge in [-0.15, -0.1) is 0 Å². The molecule has 0 aliphatic carbocycles. The van der Waals surface area contributed by atoms with Gasteiger partial charge in [-0.05, 0) is 43.3 Å². The summed E-state index contributed by atoms with van der Waals surface area (Å²) in [6.45, 7) is 2.25. The van der Waals surface area contributed by atoms with Crippen molar-refractivity contribution in [3.8, 4) is 17.2 Å². The number of carbonyl (C=O) groups excluding carboxylic acids is 1. The summed E-state index contributed by atoms with van der Waals surface area (Å²) in [6.07, 6.45) is 0. The molecule has 27 heavy (non-hydrogen) atoms. The van der Waals surface area contributed by atoms with E-state index in [0.717, 1.165) is 11.3 Å². The van der Waals surface area contributed by atoms with Crippen molar-refractivity contribution >= 4 is 11.6 Å². The molecule has 0 unspecified atom stereocenters. The number of hydrogen-bond acceptors (Lipinski definition) is 5. The van der Waals surface area contributed by atoms with Crippen LogP contribution in [0.5, 0.6) is 17.2 Å². The van der Waals surface area contributed by atoms with Crippen molar-refractivity contribution in [2.24, 2.45) is 0 Å². The number of benzene rings is 2. The minimum Gasteiger partial charge on any atom is -0.497 e. The van der Waals surface area contributed by atoms with E-state index >= 15 is 0 Å². The quantitative estimate of drug-likeness (QED) is 0.669. The lowest BCUT2D eigenvalue weighted by Gasteiger charge is -2.10. The Bertz CT molecular complexity index is 915. The number of methoxy groups -OCH3 is 2. The molecule has 0 saturated heterocycles. The smallest absolute Gasteiger partial charge is 0.291 e. The summed E-state index contributed by atoms with van der Waals surface area (Å²) in [7, 11) is 3.09. The number of carbonyl (C=O) groups is 1. The van der Waals surface area contributed by atoms with Gasteiger partial charge in [0.1, 0.15) is 29.6 Å². The monoisotopic (exact) mass is 367 g/mol. The lowest BCUT2D eigenvalue weighted by Crippen LogP contribution is -2.11. The van der Waals surface area contributed by atoms with Crippen molar-refractivity contribution in [1.29, 1.82) is 0 Å². The number of anilines is 1. The van der Waals surface area contributed by atoms with Crippen LogP contribution >= 0.6 is 0 Å². The van der Waals surface area contributed by atoms with Gasteiger partial charge in [0, 0.05) is 6.07 Å². The zero-order valence-corrected chi connectivity index (χ0v) is 15.4. The number of hydrogen-bond donors (Lipinski definition) is 1. The highest BCUT2D eigenvalue weighted by Gasteiger charge is 2.14. The van der Waals surface area contributed by atoms with E-state index in [1.54, 1.807) is 37.4 Å². The van der Waals surface area contributed by atoms with Gasteiger partial charge in [0.25, 0.3) is 5.91 Å². The summed E-state index contributed by atoms with van der Waals surface area (Å²) in [5.74, 6) is 2.25. The normalized spacial score (nSPS) is 10.3. The molecule has 2 aromatic carbocycles. The second-order valence-electron chi connectivity index (χ2n) is 5.89. The fourth-order valence-electron chi connectivity index (χ4n) is 2.45. The molecule has 1 aromatic heterocycles. The summed E-state index contributed by atoms with van der Waals surface area (Å²) >= 11 is 0. The Morgan fingerprint density at radius 1 is 0.963 bits per heavy atom. The molecular formula is C21H21NO5. The zero-order valence-electron chi connectivity index (χ0n) is 15.4. The van der Waals surface area contributed by atoms with Crippen molar-refractivity contribution in [3.63, 3.8) is 0 Å². The van der Waals surface area contributed by atoms with Gasteiger partial charge in [0.2, 0.25) is 0 Å². The average molecular weight is 367 g/mol. The van der Waals surface area contributed by atoms with Gasteiger partial charge in [-0.1, -0.05) is 17.7 Å². The average Bonchev–Trinajstić information content (AvgIpc) is 3.17. The summed E-state index contributed by atoms with van der Waals surface area (Å²) in [5.41, 5.74) is 1.69. The van der Waals surface area contributed by atoms with Gasteiger partial charge in [-0.3, -0.25) is 4.79 Å². The lowest BCUT2D eigenvalue weighted by molar-refractivity contribution is 0.0992. The fraction of sp³-hybridized carbons (Fsp3) is 0.190. The van der Waals surface area contributed by atoms with Crippen LogP contribution in [0.15, 0.2) is 59.0 Å². The van der Waals surface area contributed by atoms with Crippen LogP contribution in [0.1, 0.15) is 21.9 Å². The molecule has 0 bridgehead atoms. The molecule has 0 atom stereocenters. The molecule has 3 rings (SSSR count). The van der Waals surface area contributed by atoms with Gasteiger partial charge in [0.15, 0.2) is 5.76 Å². The van der Waals surface area contributed by atoms with Crippen molar-refractivity contribution < 1.29 is 23.4 Å². The highest BCUT2D eigenvalue weighted by Crippen LogP contribution is 2.29. The first-order valence-corrected chi connectivity index (χ1v) is 8.40. The van der Waals surface area contributed by atoms with Crippen LogP contribution in [0, 0.1) is 6.92 Å². The van der Waals surface area contributed by atoms with Crippen molar-refractivity contribution in [2.75, 3.05) is 19.5 Å². The predicted octanol–water partition coefficient (Wildman–Crippen LogP) is 4.44. The minimum absolute atomic E-state index is 0.190. The second kappa shape index (κ2) is 8.31. The van der Waals surface area contributed by atoms with Gasteiger partial charge in [-0.2, -0.15) is 0 Å². The number of ether oxygens (including phenoxy) is 3. The van der Waals surface area contributed by atoms with E-state index in [0.29, 0.717) is 22.9 Å². The number of amides is 1. The molecule has 0 fully saturated rings. The first-order valence-electron chi connectivity index (χ1n) is 8.40. The third kappa shape index (κ3) is 4.61. The molecule has 3 aromatic rings. The second-order valence-corrected chi connectivity index (χ2v) is 5.89. The first-order chi connectivity index (χ1) is 13.1. The number of nitrogens with one attached hydrogen (secondary N) is 1. The predicted molar refractivity (Wildman–Crippen MR) is 102 cm³/mol. The molecule has 6 nitrogen and oxygen atoms in total. The third-order valence-electron chi connectivity index (χ3n) is 3.94. The summed E-state index contributed by atoms with van der Waals surface area (Å²) in [5, 5.41) is 2.77. The fourth-order valence-corrected chi connectivity index (χ4v) is 2.45. The number of furan rings is 1. The third-order valence-corrected chi connectivity index (χ3v) is 3.94. The van der Waals surface area contributed by atoms with Gasteiger partial charge in [-0.25, -0.2) is 0 Å². The van der Waals surface area contributed by atoms with Gasteiger partial charge < -0.3 is 23.9 Å². The summed E-state index contributed by atoms with van der Waals surface area (Å²) < 4.78 is 21.7. The Morgan fingerprint density at radius 2 is 1.70 bits per heavy atom. The maximum absolute atomic E-state index is 12.4. The number of rotatable bonds is 7. The molecule has 140 valence electrons. The zero-order chi connectivity index (χ0) is 19.2. The van der Waals surface area contributed by atoms with E-state index in [2.05, 4.69) is 5.32 Å². The summed E-state index contributed by atoms with van der Waals surface area (Å²) in [4.78, 5) is 12.4. The molecular weight excluding hydrogens is 346 g/mol. The van der Waals surface area contributed by atoms with E-state index < -0.39 is 0 Å². The first kappa shape index (κ1) is 18.4. The Kier molecular flexibility index (Phi) is 5.66. The largest absolute Gasteiger partial charge is 0.497 e. The maximum Gasteiger partial charge on any atom is 0.291 e. The SMILES string of the molecule is COc1ccc(NC(=O)c2ccc(COc3ccc(C)cc3)o2)c(OC)c1. The molecule has 0 aliphatic heterocycles. The van der Waals surface area contributed by atoms with Crippen LogP contribution in [0.4, 0.5) is 5.69 Å². The Labute approximate surface area is 157 Å². The molecule has 0 aliphatic rings. The van der Waals surface area contributed by atoms with E-state index in [4.69, 9.17) is 18.6 Å². The van der Waals surface area contributed by atoms with Crippen LogP contribution in [0.3, 0.4) is 0 Å².